The molecular formula is C25H31FN6O5. The first kappa shape index (κ1) is 25.3. The van der Waals surface area contributed by atoms with Crippen LogP contribution >= 0.6 is 0 Å². The van der Waals surface area contributed by atoms with Crippen LogP contribution in [-0.2, 0) is 21.6 Å². The Kier molecular flexibility index (Phi) is 6.48. The van der Waals surface area contributed by atoms with E-state index in [0.29, 0.717) is 43.6 Å². The Morgan fingerprint density at radius 1 is 1.16 bits per heavy atom. The molecule has 0 bridgehead atoms. The smallest absolute Gasteiger partial charge is 0.363 e. The summed E-state index contributed by atoms with van der Waals surface area (Å²) in [5, 5.41) is 4.10. The van der Waals surface area contributed by atoms with E-state index < -0.39 is 29.1 Å². The van der Waals surface area contributed by atoms with Crippen LogP contribution in [0.4, 0.5) is 9.18 Å². The number of fused-ring (bicyclic) bond motifs is 1. The van der Waals surface area contributed by atoms with E-state index in [4.69, 9.17) is 15.2 Å². The van der Waals surface area contributed by atoms with Gasteiger partial charge in [0.2, 0.25) is 5.88 Å². The van der Waals surface area contributed by atoms with Crippen LogP contribution in [0.5, 0.6) is 5.88 Å². The summed E-state index contributed by atoms with van der Waals surface area (Å²) in [4.78, 5) is 46.1. The quantitative estimate of drug-likeness (QED) is 0.613. The zero-order valence-corrected chi connectivity index (χ0v) is 21.0. The second-order valence-electron chi connectivity index (χ2n) is 10.3. The number of piperidine rings is 1. The highest BCUT2D eigenvalue weighted by Gasteiger charge is 2.53. The van der Waals surface area contributed by atoms with E-state index in [2.05, 4.69) is 15.0 Å². The molecule has 5 rings (SSSR count). The molecular weight excluding hydrogens is 483 g/mol. The lowest BCUT2D eigenvalue weighted by molar-refractivity contribution is -0.154. The van der Waals surface area contributed by atoms with Crippen molar-refractivity contribution in [3.63, 3.8) is 0 Å². The van der Waals surface area contributed by atoms with E-state index in [1.165, 1.54) is 17.2 Å². The van der Waals surface area contributed by atoms with Crippen LogP contribution in [-0.4, -0.2) is 80.5 Å². The zero-order valence-electron chi connectivity index (χ0n) is 21.0. The number of esters is 1. The molecule has 0 atom stereocenters. The van der Waals surface area contributed by atoms with Crippen molar-refractivity contribution in [1.82, 2.24) is 24.6 Å². The topological polar surface area (TPSA) is 133 Å². The van der Waals surface area contributed by atoms with Crippen LogP contribution < -0.4 is 10.5 Å². The van der Waals surface area contributed by atoms with Gasteiger partial charge in [-0.05, 0) is 38.8 Å². The highest BCUT2D eigenvalue weighted by molar-refractivity contribution is 5.90. The number of carbonyl (C=O) groups excluding carboxylic acids is 3. The number of alkyl halides is 1. The summed E-state index contributed by atoms with van der Waals surface area (Å²) >= 11 is 0. The molecule has 2 aromatic rings. The molecule has 2 amide bonds. The molecule has 3 aliphatic heterocycles. The summed E-state index contributed by atoms with van der Waals surface area (Å²) in [7, 11) is 0. The molecule has 2 fully saturated rings. The Morgan fingerprint density at radius 2 is 1.86 bits per heavy atom. The first-order valence-corrected chi connectivity index (χ1v) is 12.5. The van der Waals surface area contributed by atoms with Crippen LogP contribution in [0.1, 0.15) is 61.3 Å². The lowest BCUT2D eigenvalue weighted by atomic mass is 9.88. The van der Waals surface area contributed by atoms with Gasteiger partial charge in [0.05, 0.1) is 23.3 Å². The Morgan fingerprint density at radius 3 is 2.49 bits per heavy atom. The fourth-order valence-electron chi connectivity index (χ4n) is 5.63. The Labute approximate surface area is 213 Å². The lowest BCUT2D eigenvalue weighted by Crippen LogP contribution is -2.56. The third kappa shape index (κ3) is 4.48. The second kappa shape index (κ2) is 9.49. The summed E-state index contributed by atoms with van der Waals surface area (Å²) in [6, 6.07) is 4.21. The van der Waals surface area contributed by atoms with Gasteiger partial charge in [0.1, 0.15) is 5.69 Å². The minimum Gasteiger partial charge on any atom is -0.401 e. The Hall–Kier alpha value is -3.38. The monoisotopic (exact) mass is 514 g/mol. The largest absolute Gasteiger partial charge is 0.401 e. The first-order chi connectivity index (χ1) is 17.6. The van der Waals surface area contributed by atoms with Gasteiger partial charge in [-0.1, -0.05) is 6.07 Å². The molecule has 0 spiro atoms. The van der Waals surface area contributed by atoms with Crippen molar-refractivity contribution in [3.05, 3.63) is 41.3 Å². The van der Waals surface area contributed by atoms with E-state index in [0.717, 1.165) is 17.5 Å². The first-order valence-electron chi connectivity index (χ1n) is 12.5. The molecule has 198 valence electrons. The summed E-state index contributed by atoms with van der Waals surface area (Å²) in [6.45, 7) is 5.68. The molecule has 0 aliphatic carbocycles. The third-order valence-electron chi connectivity index (χ3n) is 7.72. The van der Waals surface area contributed by atoms with Gasteiger partial charge < -0.3 is 20.1 Å². The van der Waals surface area contributed by atoms with E-state index in [-0.39, 0.29) is 31.0 Å². The van der Waals surface area contributed by atoms with Gasteiger partial charge in [-0.25, -0.2) is 19.0 Å². The number of likely N-dealkylation sites (tertiary alicyclic amines) is 1. The number of amides is 2. The molecule has 0 unspecified atom stereocenters. The number of nitrogens with two attached hydrogens (primary N) is 1. The van der Waals surface area contributed by atoms with E-state index >= 15 is 4.39 Å². The summed E-state index contributed by atoms with van der Waals surface area (Å²) in [5.74, 6) is -1.59. The molecule has 2 saturated heterocycles. The minimum atomic E-state index is -2.04. The number of hydrogen-bond acceptors (Lipinski definition) is 8. The summed E-state index contributed by atoms with van der Waals surface area (Å²) < 4.78 is 28.0. The van der Waals surface area contributed by atoms with E-state index in [9.17, 15) is 14.4 Å². The van der Waals surface area contributed by atoms with Crippen molar-refractivity contribution < 1.29 is 28.2 Å². The number of rotatable bonds is 4. The predicted molar refractivity (Wildman–Crippen MR) is 128 cm³/mol. The van der Waals surface area contributed by atoms with Crippen molar-refractivity contribution in [3.8, 4) is 5.88 Å². The molecule has 3 aliphatic rings. The number of hydrogen-bond donors (Lipinski definition) is 1. The van der Waals surface area contributed by atoms with Crippen LogP contribution in [0.25, 0.3) is 0 Å². The van der Waals surface area contributed by atoms with Crippen molar-refractivity contribution in [2.45, 2.75) is 63.3 Å². The lowest BCUT2D eigenvalue weighted by Gasteiger charge is -2.43. The van der Waals surface area contributed by atoms with Gasteiger partial charge in [0, 0.05) is 51.4 Å². The van der Waals surface area contributed by atoms with Crippen LogP contribution in [0.15, 0.2) is 24.4 Å². The van der Waals surface area contributed by atoms with Crippen molar-refractivity contribution in [2.24, 2.45) is 5.73 Å². The van der Waals surface area contributed by atoms with Crippen LogP contribution in [0.3, 0.4) is 0 Å². The Balaban J connectivity index is 1.37. The normalized spacial score (nSPS) is 21.4. The maximum absolute atomic E-state index is 16.2. The number of nitrogens with zero attached hydrogens (tertiary/aromatic N) is 5. The van der Waals surface area contributed by atoms with Crippen molar-refractivity contribution in [1.29, 1.82) is 0 Å². The molecule has 0 radical (unpaired) electrons. The summed E-state index contributed by atoms with van der Waals surface area (Å²) in [5.41, 5.74) is 3.07. The zero-order chi connectivity index (χ0) is 26.4. The fourth-order valence-corrected chi connectivity index (χ4v) is 5.63. The average molecular weight is 515 g/mol. The van der Waals surface area contributed by atoms with E-state index in [1.807, 2.05) is 0 Å². The number of halogens is 1. The van der Waals surface area contributed by atoms with Crippen molar-refractivity contribution in [2.75, 3.05) is 26.3 Å². The number of ether oxygens (including phenoxy) is 2. The van der Waals surface area contributed by atoms with Crippen LogP contribution in [0.2, 0.25) is 0 Å². The number of carbonyl (C=O) groups is 3. The molecule has 12 heteroatoms. The number of pyridine rings is 1. The molecule has 5 heterocycles. The summed E-state index contributed by atoms with van der Waals surface area (Å²) in [6.07, 6.45) is 3.42. The number of aromatic nitrogens is 3. The molecule has 0 saturated carbocycles. The van der Waals surface area contributed by atoms with Gasteiger partial charge in [0.25, 0.3) is 5.91 Å². The second-order valence-corrected chi connectivity index (χ2v) is 10.3. The number of primary amides is 1. The highest BCUT2D eigenvalue weighted by atomic mass is 19.1. The predicted octanol–water partition coefficient (Wildman–Crippen LogP) is 1.98. The third-order valence-corrected chi connectivity index (χ3v) is 7.72. The Bertz CT molecular complexity index is 1200. The SMILES string of the molecule is CC1(C)c2c(c(OC(=O)c3ccccn3)nn2C(N)=O)CN1C(=O)C1(F)CCN(C2CCOCC2)CC1. The fraction of sp³-hybridized carbons (Fsp3) is 0.560. The molecule has 2 aromatic heterocycles. The van der Waals surface area contributed by atoms with Gasteiger partial charge >= 0.3 is 12.0 Å². The van der Waals surface area contributed by atoms with Crippen molar-refractivity contribution >= 4 is 17.9 Å². The highest BCUT2D eigenvalue weighted by Crippen LogP contribution is 2.45. The van der Waals surface area contributed by atoms with Gasteiger partial charge in [-0.2, -0.15) is 4.68 Å². The molecule has 2 N–H and O–H groups in total. The van der Waals surface area contributed by atoms with E-state index in [1.54, 1.807) is 26.0 Å². The molecule has 0 aromatic carbocycles. The van der Waals surface area contributed by atoms with Crippen LogP contribution in [0, 0.1) is 0 Å². The maximum atomic E-state index is 16.2. The average Bonchev–Trinajstić information content (AvgIpc) is 3.40. The molecule has 11 nitrogen and oxygen atoms in total. The molecule has 37 heavy (non-hydrogen) atoms. The minimum absolute atomic E-state index is 0.0501. The standard InChI is InChI=1S/C25H31FN6O5/c1-24(2)19-17(20(29-32(19)23(27)35)37-21(33)18-5-3-4-10-28-18)15-31(24)22(34)25(26)8-11-30(12-9-25)16-6-13-36-14-7-16/h3-5,10,16H,6-9,11-15H2,1-2H3,(H2,27,35). The van der Waals surface area contributed by atoms with Gasteiger partial charge in [-0.3, -0.25) is 9.69 Å². The van der Waals surface area contributed by atoms with Gasteiger partial charge in [0.15, 0.2) is 5.67 Å². The maximum Gasteiger partial charge on any atom is 0.363 e. The van der Waals surface area contributed by atoms with Gasteiger partial charge in [-0.15, -0.1) is 5.10 Å².